The Bertz CT molecular complexity index is 949. The molecule has 0 atom stereocenters. The highest BCUT2D eigenvalue weighted by atomic mass is 79.9. The summed E-state index contributed by atoms with van der Waals surface area (Å²) in [5, 5.41) is 3.37. The first-order valence-corrected chi connectivity index (χ1v) is 11.2. The second-order valence-corrected chi connectivity index (χ2v) is 9.71. The lowest BCUT2D eigenvalue weighted by atomic mass is 9.77. The van der Waals surface area contributed by atoms with E-state index in [-0.39, 0.29) is 13.2 Å². The van der Waals surface area contributed by atoms with Crippen LogP contribution in [0.5, 0.6) is 0 Å². The van der Waals surface area contributed by atoms with E-state index in [1.54, 1.807) is 0 Å². The van der Waals surface area contributed by atoms with Crippen LogP contribution in [0.2, 0.25) is 5.02 Å². The maximum Gasteiger partial charge on any atom is 0.492 e. The van der Waals surface area contributed by atoms with Crippen LogP contribution >= 0.6 is 27.5 Å². The van der Waals surface area contributed by atoms with Crippen molar-refractivity contribution >= 4 is 46.8 Å². The number of hydrogen-bond acceptors (Lipinski definition) is 4. The molecule has 0 spiro atoms. The lowest BCUT2D eigenvalue weighted by Gasteiger charge is -2.32. The SMILES string of the molecule is CC1(C)OB(C(=Cc2ccc(Br)cc2Cl)CNC(=O)OCc2ccccc2)OC1(C)C. The fraction of sp³-hybridized carbons (Fsp3) is 0.348. The Morgan fingerprint density at radius 1 is 1.13 bits per heavy atom. The minimum Gasteiger partial charge on any atom is -0.445 e. The number of hydrogen-bond donors (Lipinski definition) is 1. The summed E-state index contributed by atoms with van der Waals surface area (Å²) in [6.07, 6.45) is 1.36. The van der Waals surface area contributed by atoms with Gasteiger partial charge in [0.2, 0.25) is 0 Å². The Morgan fingerprint density at radius 2 is 1.77 bits per heavy atom. The highest BCUT2D eigenvalue weighted by Gasteiger charge is 2.52. The van der Waals surface area contributed by atoms with E-state index >= 15 is 0 Å². The average molecular weight is 507 g/mol. The van der Waals surface area contributed by atoms with Crippen LogP contribution in [0.4, 0.5) is 4.79 Å². The van der Waals surface area contributed by atoms with Gasteiger partial charge < -0.3 is 19.4 Å². The number of rotatable bonds is 6. The third kappa shape index (κ3) is 6.13. The minimum absolute atomic E-state index is 0.191. The van der Waals surface area contributed by atoms with Crippen LogP contribution in [0.15, 0.2) is 58.5 Å². The quantitative estimate of drug-likeness (QED) is 0.485. The topological polar surface area (TPSA) is 56.8 Å². The first-order chi connectivity index (χ1) is 14.6. The lowest BCUT2D eigenvalue weighted by molar-refractivity contribution is 0.00578. The maximum absolute atomic E-state index is 12.3. The van der Waals surface area contributed by atoms with Crippen LogP contribution < -0.4 is 5.32 Å². The van der Waals surface area contributed by atoms with E-state index in [4.69, 9.17) is 25.6 Å². The van der Waals surface area contributed by atoms with Gasteiger partial charge in [0, 0.05) is 16.0 Å². The van der Waals surface area contributed by atoms with Crippen molar-refractivity contribution < 1.29 is 18.8 Å². The largest absolute Gasteiger partial charge is 0.492 e. The van der Waals surface area contributed by atoms with E-state index < -0.39 is 24.4 Å². The first-order valence-electron chi connectivity index (χ1n) is 10.0. The van der Waals surface area contributed by atoms with Gasteiger partial charge in [-0.1, -0.05) is 70.0 Å². The zero-order valence-electron chi connectivity index (χ0n) is 18.1. The molecule has 1 saturated heterocycles. The van der Waals surface area contributed by atoms with Crippen molar-refractivity contribution in [2.75, 3.05) is 6.54 Å². The van der Waals surface area contributed by atoms with Crippen LogP contribution in [0.1, 0.15) is 38.8 Å². The Morgan fingerprint density at radius 3 is 2.39 bits per heavy atom. The van der Waals surface area contributed by atoms with Crippen LogP contribution in [0.3, 0.4) is 0 Å². The first kappa shape index (κ1) is 23.9. The molecule has 1 fully saturated rings. The normalized spacial score (nSPS) is 17.5. The van der Waals surface area contributed by atoms with Crippen LogP contribution in [0, 0.1) is 0 Å². The van der Waals surface area contributed by atoms with Gasteiger partial charge in [-0.2, -0.15) is 0 Å². The van der Waals surface area contributed by atoms with E-state index in [2.05, 4.69) is 21.2 Å². The average Bonchev–Trinajstić information content (AvgIpc) is 2.93. The van der Waals surface area contributed by atoms with Crippen molar-refractivity contribution in [3.63, 3.8) is 0 Å². The fourth-order valence-corrected chi connectivity index (χ4v) is 3.69. The van der Waals surface area contributed by atoms with Gasteiger partial charge >= 0.3 is 13.2 Å². The molecule has 31 heavy (non-hydrogen) atoms. The maximum atomic E-state index is 12.3. The van der Waals surface area contributed by atoms with Gasteiger partial charge in [-0.25, -0.2) is 4.79 Å². The predicted molar refractivity (Wildman–Crippen MR) is 128 cm³/mol. The molecule has 1 aliphatic rings. The Hall–Kier alpha value is -1.80. The second kappa shape index (κ2) is 9.78. The van der Waals surface area contributed by atoms with E-state index in [1.807, 2.05) is 82.3 Å². The Kier molecular flexibility index (Phi) is 7.53. The molecule has 0 aromatic heterocycles. The van der Waals surface area contributed by atoms with Crippen molar-refractivity contribution in [1.82, 2.24) is 5.32 Å². The van der Waals surface area contributed by atoms with E-state index in [0.29, 0.717) is 5.02 Å². The third-order valence-corrected chi connectivity index (χ3v) is 6.33. The summed E-state index contributed by atoms with van der Waals surface area (Å²) in [7, 11) is -0.626. The molecular formula is C23H26BBrClNO4. The van der Waals surface area contributed by atoms with Crippen molar-refractivity contribution in [2.45, 2.75) is 45.5 Å². The molecule has 1 amide bonds. The highest BCUT2D eigenvalue weighted by Crippen LogP contribution is 2.39. The van der Waals surface area contributed by atoms with Gasteiger partial charge in [-0.3, -0.25) is 0 Å². The molecule has 1 heterocycles. The molecule has 3 rings (SSSR count). The Balaban J connectivity index is 1.74. The summed E-state index contributed by atoms with van der Waals surface area (Å²) in [6, 6.07) is 15.1. The van der Waals surface area contributed by atoms with E-state index in [1.165, 1.54) is 0 Å². The molecular weight excluding hydrogens is 480 g/mol. The monoisotopic (exact) mass is 505 g/mol. The minimum atomic E-state index is -0.626. The zero-order valence-corrected chi connectivity index (χ0v) is 20.4. The number of alkyl carbamates (subject to hydrolysis) is 1. The van der Waals surface area contributed by atoms with Gasteiger partial charge in [-0.05, 0) is 56.4 Å². The van der Waals surface area contributed by atoms with Gasteiger partial charge in [0.1, 0.15) is 6.61 Å². The molecule has 5 nitrogen and oxygen atoms in total. The lowest BCUT2D eigenvalue weighted by Crippen LogP contribution is -2.41. The summed E-state index contributed by atoms with van der Waals surface area (Å²) in [6.45, 7) is 8.33. The number of amides is 1. The molecule has 0 bridgehead atoms. The number of carbonyl (C=O) groups is 1. The highest BCUT2D eigenvalue weighted by molar-refractivity contribution is 9.10. The van der Waals surface area contributed by atoms with Gasteiger partial charge in [0.05, 0.1) is 11.2 Å². The zero-order chi connectivity index (χ0) is 22.6. The van der Waals surface area contributed by atoms with Gasteiger partial charge in [-0.15, -0.1) is 0 Å². The second-order valence-electron chi connectivity index (χ2n) is 8.39. The van der Waals surface area contributed by atoms with E-state index in [0.717, 1.165) is 21.1 Å². The molecule has 1 aliphatic heterocycles. The third-order valence-electron chi connectivity index (χ3n) is 5.51. The molecule has 164 valence electrons. The number of benzene rings is 2. The van der Waals surface area contributed by atoms with Crippen molar-refractivity contribution in [2.24, 2.45) is 0 Å². The van der Waals surface area contributed by atoms with Crippen molar-refractivity contribution in [3.8, 4) is 0 Å². The summed E-state index contributed by atoms with van der Waals surface area (Å²) in [5.41, 5.74) is 1.44. The van der Waals surface area contributed by atoms with Gasteiger partial charge in [0.25, 0.3) is 0 Å². The predicted octanol–water partition coefficient (Wildman–Crippen LogP) is 6.04. The standard InChI is InChI=1S/C23H26BBrClNO4/c1-22(2)23(3,4)31-24(30-22)18(12-17-10-11-19(25)13-20(17)26)14-27-21(28)29-15-16-8-6-5-7-9-16/h5-13H,14-15H2,1-4H3,(H,27,28). The molecule has 1 N–H and O–H groups in total. The van der Waals surface area contributed by atoms with Crippen LogP contribution in [-0.2, 0) is 20.7 Å². The number of nitrogens with one attached hydrogen (secondary N) is 1. The summed E-state index contributed by atoms with van der Waals surface area (Å²) < 4.78 is 18.6. The summed E-state index contributed by atoms with van der Waals surface area (Å²) in [5.74, 6) is 0. The fourth-order valence-electron chi connectivity index (χ4n) is 2.96. The van der Waals surface area contributed by atoms with E-state index in [9.17, 15) is 4.79 Å². The van der Waals surface area contributed by atoms with Crippen molar-refractivity contribution in [3.05, 3.63) is 74.6 Å². The smallest absolute Gasteiger partial charge is 0.445 e. The Labute approximate surface area is 197 Å². The molecule has 0 unspecified atom stereocenters. The molecule has 2 aromatic carbocycles. The molecule has 0 aliphatic carbocycles. The summed E-state index contributed by atoms with van der Waals surface area (Å²) in [4.78, 5) is 12.3. The molecule has 0 saturated carbocycles. The van der Waals surface area contributed by atoms with Crippen LogP contribution in [-0.4, -0.2) is 31.0 Å². The summed E-state index contributed by atoms with van der Waals surface area (Å²) >= 11 is 9.82. The van der Waals surface area contributed by atoms with Crippen LogP contribution in [0.25, 0.3) is 6.08 Å². The number of carbonyl (C=O) groups excluding carboxylic acids is 1. The number of halogens is 2. The molecule has 2 aromatic rings. The molecule has 0 radical (unpaired) electrons. The number of ether oxygens (including phenoxy) is 1. The van der Waals surface area contributed by atoms with Gasteiger partial charge in [0.15, 0.2) is 0 Å². The van der Waals surface area contributed by atoms with Crippen molar-refractivity contribution in [1.29, 1.82) is 0 Å². The molecule has 8 heteroatoms.